The second-order valence-electron chi connectivity index (χ2n) is 7.17. The SMILES string of the molecule is CCCN(CC(=O)N1CCc2sccc2[C@@H]1COc1ccc(Cl)cc1)C(=O)NCC. The van der Waals surface area contributed by atoms with Gasteiger partial charge >= 0.3 is 6.03 Å². The minimum atomic E-state index is -0.199. The van der Waals surface area contributed by atoms with Crippen molar-refractivity contribution >= 4 is 34.9 Å². The molecule has 1 N–H and O–H groups in total. The van der Waals surface area contributed by atoms with Crippen molar-refractivity contribution in [2.45, 2.75) is 32.7 Å². The van der Waals surface area contributed by atoms with Gasteiger partial charge in [0.1, 0.15) is 18.9 Å². The lowest BCUT2D eigenvalue weighted by atomic mass is 10.0. The number of thiophene rings is 1. The Balaban J connectivity index is 1.74. The zero-order chi connectivity index (χ0) is 21.5. The third-order valence-corrected chi connectivity index (χ3v) is 6.32. The van der Waals surface area contributed by atoms with Crippen molar-refractivity contribution in [3.63, 3.8) is 0 Å². The van der Waals surface area contributed by atoms with Crippen molar-refractivity contribution in [2.24, 2.45) is 0 Å². The molecule has 2 aromatic rings. The van der Waals surface area contributed by atoms with Crippen LogP contribution in [0.4, 0.5) is 4.79 Å². The highest BCUT2D eigenvalue weighted by molar-refractivity contribution is 7.10. The molecule has 1 aromatic carbocycles. The third-order valence-electron chi connectivity index (χ3n) is 5.07. The molecule has 0 saturated heterocycles. The van der Waals surface area contributed by atoms with Crippen LogP contribution < -0.4 is 10.1 Å². The third kappa shape index (κ3) is 5.46. The van der Waals surface area contributed by atoms with E-state index in [-0.39, 0.29) is 24.5 Å². The summed E-state index contributed by atoms with van der Waals surface area (Å²) in [6, 6.07) is 8.91. The number of hydrogen-bond acceptors (Lipinski definition) is 4. The molecule has 1 aliphatic heterocycles. The Bertz CT molecular complexity index is 856. The molecule has 6 nitrogen and oxygen atoms in total. The summed E-state index contributed by atoms with van der Waals surface area (Å²) in [5.74, 6) is 0.653. The zero-order valence-electron chi connectivity index (χ0n) is 17.4. The summed E-state index contributed by atoms with van der Waals surface area (Å²) in [7, 11) is 0. The monoisotopic (exact) mass is 449 g/mol. The van der Waals surface area contributed by atoms with Crippen LogP contribution in [0.1, 0.15) is 36.8 Å². The number of fused-ring (bicyclic) bond motifs is 1. The molecule has 0 bridgehead atoms. The molecule has 162 valence electrons. The molecule has 0 fully saturated rings. The summed E-state index contributed by atoms with van der Waals surface area (Å²) < 4.78 is 6.00. The molecule has 3 amide bonds. The van der Waals surface area contributed by atoms with Gasteiger partial charge in [0.2, 0.25) is 5.91 Å². The topological polar surface area (TPSA) is 61.9 Å². The van der Waals surface area contributed by atoms with Gasteiger partial charge < -0.3 is 19.9 Å². The van der Waals surface area contributed by atoms with Gasteiger partial charge in [0.15, 0.2) is 0 Å². The van der Waals surface area contributed by atoms with Crippen LogP contribution in [0.5, 0.6) is 5.75 Å². The Kier molecular flexibility index (Phi) is 7.99. The van der Waals surface area contributed by atoms with Crippen LogP contribution in [0, 0.1) is 0 Å². The van der Waals surface area contributed by atoms with Gasteiger partial charge in [0, 0.05) is 29.5 Å². The summed E-state index contributed by atoms with van der Waals surface area (Å²) in [4.78, 5) is 30.3. The fourth-order valence-corrected chi connectivity index (χ4v) is 4.67. The maximum absolute atomic E-state index is 13.2. The van der Waals surface area contributed by atoms with Crippen LogP contribution in [0.25, 0.3) is 0 Å². The highest BCUT2D eigenvalue weighted by Crippen LogP contribution is 2.34. The number of carbonyl (C=O) groups excluding carboxylic acids is 2. The van der Waals surface area contributed by atoms with Crippen LogP contribution in [-0.4, -0.2) is 54.5 Å². The number of rotatable bonds is 8. The first-order chi connectivity index (χ1) is 14.5. The first-order valence-electron chi connectivity index (χ1n) is 10.3. The molecule has 1 aliphatic rings. The van der Waals surface area contributed by atoms with Crippen LogP contribution >= 0.6 is 22.9 Å². The molecule has 0 aliphatic carbocycles. The normalized spacial score (nSPS) is 15.4. The van der Waals surface area contributed by atoms with Gasteiger partial charge in [-0.05, 0) is 61.0 Å². The van der Waals surface area contributed by atoms with Gasteiger partial charge in [-0.1, -0.05) is 18.5 Å². The Morgan fingerprint density at radius 3 is 2.73 bits per heavy atom. The molecule has 0 spiro atoms. The molecule has 30 heavy (non-hydrogen) atoms. The van der Waals surface area contributed by atoms with Crippen molar-refractivity contribution in [3.8, 4) is 5.75 Å². The molecular weight excluding hydrogens is 422 g/mol. The summed E-state index contributed by atoms with van der Waals surface area (Å²) >= 11 is 7.67. The second kappa shape index (κ2) is 10.7. The fourth-order valence-electron chi connectivity index (χ4n) is 3.62. The van der Waals surface area contributed by atoms with Crippen molar-refractivity contribution in [2.75, 3.05) is 32.8 Å². The fraction of sp³-hybridized carbons (Fsp3) is 0.455. The molecule has 0 saturated carbocycles. The quantitative estimate of drug-likeness (QED) is 0.651. The number of amides is 3. The lowest BCUT2D eigenvalue weighted by Gasteiger charge is -2.37. The number of benzene rings is 1. The maximum atomic E-state index is 13.2. The van der Waals surface area contributed by atoms with E-state index in [1.807, 2.05) is 30.9 Å². The highest BCUT2D eigenvalue weighted by atomic mass is 35.5. The second-order valence-corrected chi connectivity index (χ2v) is 8.61. The van der Waals surface area contributed by atoms with Crippen LogP contribution in [-0.2, 0) is 11.2 Å². The molecule has 0 unspecified atom stereocenters. The number of nitrogens with one attached hydrogen (secondary N) is 1. The van der Waals surface area contributed by atoms with E-state index in [1.54, 1.807) is 28.4 Å². The van der Waals surface area contributed by atoms with Crippen molar-refractivity contribution in [1.82, 2.24) is 15.1 Å². The van der Waals surface area contributed by atoms with E-state index in [2.05, 4.69) is 16.8 Å². The Labute approximate surface area is 186 Å². The lowest BCUT2D eigenvalue weighted by molar-refractivity contribution is -0.135. The van der Waals surface area contributed by atoms with E-state index in [1.165, 1.54) is 4.88 Å². The summed E-state index contributed by atoms with van der Waals surface area (Å²) in [5, 5.41) is 5.51. The smallest absolute Gasteiger partial charge is 0.317 e. The van der Waals surface area contributed by atoms with Gasteiger partial charge in [0.25, 0.3) is 0 Å². The highest BCUT2D eigenvalue weighted by Gasteiger charge is 2.33. The predicted molar refractivity (Wildman–Crippen MR) is 120 cm³/mol. The summed E-state index contributed by atoms with van der Waals surface area (Å²) in [6.45, 7) is 5.99. The minimum absolute atomic E-state index is 0.0590. The molecule has 1 aromatic heterocycles. The van der Waals surface area contributed by atoms with Gasteiger partial charge in [-0.3, -0.25) is 4.79 Å². The average Bonchev–Trinajstić information content (AvgIpc) is 3.22. The molecule has 8 heteroatoms. The van der Waals surface area contributed by atoms with Crippen LogP contribution in [0.2, 0.25) is 5.02 Å². The maximum Gasteiger partial charge on any atom is 0.317 e. The predicted octanol–water partition coefficient (Wildman–Crippen LogP) is 4.35. The Morgan fingerprint density at radius 2 is 2.03 bits per heavy atom. The summed E-state index contributed by atoms with van der Waals surface area (Å²) in [6.07, 6.45) is 1.62. The van der Waals surface area contributed by atoms with Crippen molar-refractivity contribution in [3.05, 3.63) is 51.2 Å². The minimum Gasteiger partial charge on any atom is -0.491 e. The summed E-state index contributed by atoms with van der Waals surface area (Å²) in [5.41, 5.74) is 1.13. The molecule has 3 rings (SSSR count). The number of urea groups is 1. The number of halogens is 1. The number of ether oxygens (including phenoxy) is 1. The van der Waals surface area contributed by atoms with E-state index < -0.39 is 0 Å². The zero-order valence-corrected chi connectivity index (χ0v) is 19.0. The first kappa shape index (κ1) is 22.4. The average molecular weight is 450 g/mol. The molecule has 0 radical (unpaired) electrons. The number of hydrogen-bond donors (Lipinski definition) is 1. The van der Waals surface area contributed by atoms with Gasteiger partial charge in [-0.25, -0.2) is 4.79 Å². The van der Waals surface area contributed by atoms with Gasteiger partial charge in [-0.2, -0.15) is 0 Å². The number of carbonyl (C=O) groups is 2. The molecular formula is C22H28ClN3O3S. The van der Waals surface area contributed by atoms with Gasteiger partial charge in [-0.15, -0.1) is 11.3 Å². The van der Waals surface area contributed by atoms with Crippen molar-refractivity contribution < 1.29 is 14.3 Å². The molecule has 2 heterocycles. The molecule has 1 atom stereocenters. The largest absolute Gasteiger partial charge is 0.491 e. The Hall–Kier alpha value is -2.25. The van der Waals surface area contributed by atoms with E-state index in [9.17, 15) is 9.59 Å². The standard InChI is InChI=1S/C22H28ClN3O3S/c1-3-11-25(22(28)24-4-2)14-21(27)26-12-9-20-18(10-13-30-20)19(26)15-29-17-7-5-16(23)6-8-17/h5-8,10,13,19H,3-4,9,11-12,14-15H2,1-2H3,(H,24,28)/t19-/m0/s1. The van der Waals surface area contributed by atoms with Gasteiger partial charge in [0.05, 0.1) is 6.04 Å². The van der Waals surface area contributed by atoms with E-state index in [4.69, 9.17) is 16.3 Å². The van der Waals surface area contributed by atoms with E-state index in [0.29, 0.717) is 37.0 Å². The van der Waals surface area contributed by atoms with Crippen LogP contribution in [0.15, 0.2) is 35.7 Å². The van der Waals surface area contributed by atoms with Crippen LogP contribution in [0.3, 0.4) is 0 Å². The van der Waals surface area contributed by atoms with E-state index >= 15 is 0 Å². The first-order valence-corrected chi connectivity index (χ1v) is 11.6. The Morgan fingerprint density at radius 1 is 1.27 bits per heavy atom. The van der Waals surface area contributed by atoms with E-state index in [0.717, 1.165) is 18.4 Å². The lowest BCUT2D eigenvalue weighted by Crippen LogP contribution is -2.50. The van der Waals surface area contributed by atoms with Crippen molar-refractivity contribution in [1.29, 1.82) is 0 Å². The number of nitrogens with zero attached hydrogens (tertiary/aromatic N) is 2.